The minimum atomic E-state index is -0.371. The van der Waals surface area contributed by atoms with Crippen LogP contribution in [0.4, 0.5) is 0 Å². The summed E-state index contributed by atoms with van der Waals surface area (Å²) in [5.74, 6) is 1.77. The lowest BCUT2D eigenvalue weighted by Gasteiger charge is -2.21. The molecule has 1 N–H and O–H groups in total. The summed E-state index contributed by atoms with van der Waals surface area (Å²) in [5.41, 5.74) is 0. The Balaban J connectivity index is 1.99. The zero-order chi connectivity index (χ0) is 14.9. The molecule has 0 aliphatic rings. The van der Waals surface area contributed by atoms with Gasteiger partial charge in [-0.15, -0.1) is 0 Å². The quantitative estimate of drug-likeness (QED) is 0.752. The molecule has 3 nitrogen and oxygen atoms in total. The highest BCUT2D eigenvalue weighted by atomic mass is 16.7. The van der Waals surface area contributed by atoms with Crippen LogP contribution in [0.5, 0.6) is 11.5 Å². The maximum absolute atomic E-state index is 9.14. The van der Waals surface area contributed by atoms with Gasteiger partial charge in [0, 0.05) is 13.0 Å². The van der Waals surface area contributed by atoms with E-state index in [-0.39, 0.29) is 18.8 Å². The molecule has 2 unspecified atom stereocenters. The molecule has 0 saturated heterocycles. The molecule has 0 heterocycles. The Morgan fingerprint density at radius 1 is 0.952 bits per heavy atom. The van der Waals surface area contributed by atoms with Crippen LogP contribution in [0.3, 0.4) is 0 Å². The first-order chi connectivity index (χ1) is 10.3. The Kier molecular flexibility index (Phi) is 6.10. The molecule has 0 saturated carbocycles. The summed E-state index contributed by atoms with van der Waals surface area (Å²) in [5, 5.41) is 9.14. The van der Waals surface area contributed by atoms with Gasteiger partial charge in [0.1, 0.15) is 11.5 Å². The van der Waals surface area contributed by atoms with Gasteiger partial charge in [-0.2, -0.15) is 0 Å². The first-order valence-corrected chi connectivity index (χ1v) is 7.23. The summed E-state index contributed by atoms with van der Waals surface area (Å²) >= 11 is 0. The topological polar surface area (TPSA) is 38.7 Å². The van der Waals surface area contributed by atoms with Gasteiger partial charge in [0.05, 0.1) is 0 Å². The predicted molar refractivity (Wildman–Crippen MR) is 82.2 cm³/mol. The molecule has 0 spiro atoms. The SMILES string of the molecule is CC(CO)CCC(Oc1cc[c]cc1)Oc1ccccc1. The van der Waals surface area contributed by atoms with Gasteiger partial charge in [0.2, 0.25) is 6.29 Å². The normalized spacial score (nSPS) is 12.1. The fourth-order valence-electron chi connectivity index (χ4n) is 1.91. The molecule has 0 aliphatic carbocycles. The molecule has 21 heavy (non-hydrogen) atoms. The van der Waals surface area contributed by atoms with Gasteiger partial charge in [-0.25, -0.2) is 0 Å². The van der Waals surface area contributed by atoms with Gasteiger partial charge in [-0.1, -0.05) is 37.3 Å². The van der Waals surface area contributed by atoms with Crippen LogP contribution in [0.25, 0.3) is 0 Å². The summed E-state index contributed by atoms with van der Waals surface area (Å²) in [7, 11) is 0. The van der Waals surface area contributed by atoms with Crippen LogP contribution in [0, 0.1) is 12.0 Å². The Bertz CT molecular complexity index is 457. The molecule has 2 aromatic carbocycles. The molecule has 2 atom stereocenters. The van der Waals surface area contributed by atoms with Crippen molar-refractivity contribution in [1.82, 2.24) is 0 Å². The second kappa shape index (κ2) is 8.32. The van der Waals surface area contributed by atoms with E-state index < -0.39 is 0 Å². The molecular formula is C18H21O3. The highest BCUT2D eigenvalue weighted by Crippen LogP contribution is 2.19. The van der Waals surface area contributed by atoms with Gasteiger partial charge < -0.3 is 14.6 Å². The number of para-hydroxylation sites is 1. The number of hydrogen-bond donors (Lipinski definition) is 1. The fourth-order valence-corrected chi connectivity index (χ4v) is 1.91. The summed E-state index contributed by atoms with van der Waals surface area (Å²) in [4.78, 5) is 0. The largest absolute Gasteiger partial charge is 0.455 e. The average Bonchev–Trinajstić information content (AvgIpc) is 2.54. The molecule has 0 amide bonds. The number of rotatable bonds is 8. The third-order valence-electron chi connectivity index (χ3n) is 3.17. The standard InChI is InChI=1S/C18H21O3/c1-15(14-19)12-13-18(20-16-8-4-2-5-9-16)21-17-10-6-3-7-11-17/h2,4-11,15,18-19H,12-14H2,1H3. The van der Waals surface area contributed by atoms with E-state index in [1.54, 1.807) is 0 Å². The first kappa shape index (κ1) is 15.4. The Morgan fingerprint density at radius 2 is 1.57 bits per heavy atom. The van der Waals surface area contributed by atoms with Crippen LogP contribution in [-0.4, -0.2) is 18.0 Å². The Hall–Kier alpha value is -2.00. The second-order valence-corrected chi connectivity index (χ2v) is 5.08. The van der Waals surface area contributed by atoms with Crippen molar-refractivity contribution in [3.8, 4) is 11.5 Å². The van der Waals surface area contributed by atoms with Gasteiger partial charge in [0.25, 0.3) is 0 Å². The molecule has 0 bridgehead atoms. The van der Waals surface area contributed by atoms with Crippen molar-refractivity contribution < 1.29 is 14.6 Å². The zero-order valence-electron chi connectivity index (χ0n) is 12.2. The fraction of sp³-hybridized carbons (Fsp3) is 0.333. The highest BCUT2D eigenvalue weighted by Gasteiger charge is 2.14. The van der Waals surface area contributed by atoms with Crippen LogP contribution in [0.2, 0.25) is 0 Å². The van der Waals surface area contributed by atoms with Gasteiger partial charge in [0.15, 0.2) is 0 Å². The van der Waals surface area contributed by atoms with Gasteiger partial charge in [-0.05, 0) is 42.7 Å². The molecule has 2 aromatic rings. The maximum Gasteiger partial charge on any atom is 0.241 e. The Labute approximate surface area is 126 Å². The van der Waals surface area contributed by atoms with E-state index >= 15 is 0 Å². The number of benzene rings is 2. The monoisotopic (exact) mass is 285 g/mol. The van der Waals surface area contributed by atoms with E-state index in [0.29, 0.717) is 0 Å². The number of aliphatic hydroxyl groups excluding tert-OH is 1. The van der Waals surface area contributed by atoms with Crippen LogP contribution in [-0.2, 0) is 0 Å². The zero-order valence-corrected chi connectivity index (χ0v) is 12.2. The van der Waals surface area contributed by atoms with E-state index in [1.807, 2.05) is 61.5 Å². The van der Waals surface area contributed by atoms with Crippen LogP contribution in [0.1, 0.15) is 19.8 Å². The van der Waals surface area contributed by atoms with Gasteiger partial charge >= 0.3 is 0 Å². The summed E-state index contributed by atoms with van der Waals surface area (Å²) < 4.78 is 11.8. The lowest BCUT2D eigenvalue weighted by molar-refractivity contribution is -0.00619. The molecule has 0 fully saturated rings. The van der Waals surface area contributed by atoms with Crippen LogP contribution in [0.15, 0.2) is 54.6 Å². The van der Waals surface area contributed by atoms with Gasteiger partial charge in [-0.3, -0.25) is 0 Å². The third-order valence-corrected chi connectivity index (χ3v) is 3.17. The number of hydrogen-bond acceptors (Lipinski definition) is 3. The molecule has 111 valence electrons. The van der Waals surface area contributed by atoms with Crippen molar-refractivity contribution >= 4 is 0 Å². The summed E-state index contributed by atoms with van der Waals surface area (Å²) in [6.45, 7) is 2.19. The first-order valence-electron chi connectivity index (χ1n) is 7.23. The third kappa shape index (κ3) is 5.48. The molecule has 0 aliphatic heterocycles. The summed E-state index contributed by atoms with van der Waals surface area (Å²) in [6.07, 6.45) is 1.19. The van der Waals surface area contributed by atoms with E-state index in [9.17, 15) is 0 Å². The van der Waals surface area contributed by atoms with Crippen molar-refractivity contribution in [3.63, 3.8) is 0 Å². The van der Waals surface area contributed by atoms with Crippen molar-refractivity contribution in [2.24, 2.45) is 5.92 Å². The molecule has 2 rings (SSSR count). The Morgan fingerprint density at radius 3 is 2.19 bits per heavy atom. The lowest BCUT2D eigenvalue weighted by atomic mass is 10.1. The molecule has 0 aromatic heterocycles. The van der Waals surface area contributed by atoms with Crippen LogP contribution < -0.4 is 9.47 Å². The van der Waals surface area contributed by atoms with Crippen LogP contribution >= 0.6 is 0 Å². The lowest BCUT2D eigenvalue weighted by Crippen LogP contribution is -2.25. The maximum atomic E-state index is 9.14. The number of aliphatic hydroxyl groups is 1. The van der Waals surface area contributed by atoms with E-state index in [0.717, 1.165) is 24.3 Å². The van der Waals surface area contributed by atoms with Crippen molar-refractivity contribution in [3.05, 3.63) is 60.7 Å². The highest BCUT2D eigenvalue weighted by molar-refractivity contribution is 5.22. The smallest absolute Gasteiger partial charge is 0.241 e. The predicted octanol–water partition coefficient (Wildman–Crippen LogP) is 3.68. The van der Waals surface area contributed by atoms with Crippen molar-refractivity contribution in [1.29, 1.82) is 0 Å². The number of ether oxygens (including phenoxy) is 2. The second-order valence-electron chi connectivity index (χ2n) is 5.08. The molecule has 3 heteroatoms. The van der Waals surface area contributed by atoms with E-state index in [1.165, 1.54) is 0 Å². The van der Waals surface area contributed by atoms with Crippen molar-refractivity contribution in [2.75, 3.05) is 6.61 Å². The molecule has 1 radical (unpaired) electrons. The van der Waals surface area contributed by atoms with E-state index in [4.69, 9.17) is 14.6 Å². The summed E-state index contributed by atoms with van der Waals surface area (Å²) in [6, 6.07) is 19.9. The van der Waals surface area contributed by atoms with E-state index in [2.05, 4.69) is 6.07 Å². The minimum Gasteiger partial charge on any atom is -0.455 e. The van der Waals surface area contributed by atoms with Crippen molar-refractivity contribution in [2.45, 2.75) is 26.1 Å². The average molecular weight is 285 g/mol. The minimum absolute atomic E-state index is 0.179. The molecular weight excluding hydrogens is 264 g/mol.